The Balaban J connectivity index is 2.00. The molecule has 0 spiro atoms. The van der Waals surface area contributed by atoms with Crippen molar-refractivity contribution in [3.63, 3.8) is 0 Å². The molecular formula is C15H15NO. The SMILES string of the molecule is OC(C1=CCCC1)c1ccc2ncccc2c1. The lowest BCUT2D eigenvalue weighted by Gasteiger charge is -2.13. The normalized spacial score (nSPS) is 17.1. The molecule has 1 aliphatic rings. The van der Waals surface area contributed by atoms with Crippen molar-refractivity contribution < 1.29 is 5.11 Å². The quantitative estimate of drug-likeness (QED) is 0.795. The number of pyridine rings is 1. The van der Waals surface area contributed by atoms with Crippen LogP contribution in [0.3, 0.4) is 0 Å². The molecule has 0 radical (unpaired) electrons. The first-order valence-corrected chi connectivity index (χ1v) is 6.06. The second-order valence-electron chi connectivity index (χ2n) is 4.53. The van der Waals surface area contributed by atoms with Crippen molar-refractivity contribution in [2.45, 2.75) is 25.4 Å². The Bertz CT molecular complexity index is 574. The maximum Gasteiger partial charge on any atom is 0.100 e. The highest BCUT2D eigenvalue weighted by atomic mass is 16.3. The van der Waals surface area contributed by atoms with E-state index in [1.165, 1.54) is 6.42 Å². The van der Waals surface area contributed by atoms with Crippen molar-refractivity contribution in [2.75, 3.05) is 0 Å². The van der Waals surface area contributed by atoms with Crippen LogP contribution < -0.4 is 0 Å². The van der Waals surface area contributed by atoms with Crippen LogP contribution in [0, 0.1) is 0 Å². The van der Waals surface area contributed by atoms with E-state index in [0.29, 0.717) is 0 Å². The van der Waals surface area contributed by atoms with Gasteiger partial charge in [0.2, 0.25) is 0 Å². The van der Waals surface area contributed by atoms with Gasteiger partial charge in [-0.1, -0.05) is 18.2 Å². The fourth-order valence-electron chi connectivity index (χ4n) is 2.42. The highest BCUT2D eigenvalue weighted by molar-refractivity contribution is 5.79. The van der Waals surface area contributed by atoms with E-state index in [1.54, 1.807) is 6.20 Å². The topological polar surface area (TPSA) is 33.1 Å². The number of aliphatic hydroxyl groups is 1. The lowest BCUT2D eigenvalue weighted by atomic mass is 9.99. The molecule has 0 saturated carbocycles. The van der Waals surface area contributed by atoms with E-state index in [2.05, 4.69) is 11.1 Å². The van der Waals surface area contributed by atoms with Crippen LogP contribution in [0.5, 0.6) is 0 Å². The van der Waals surface area contributed by atoms with Gasteiger partial charge in [-0.3, -0.25) is 4.98 Å². The molecule has 2 heteroatoms. The molecule has 1 unspecified atom stereocenters. The summed E-state index contributed by atoms with van der Waals surface area (Å²) in [4.78, 5) is 4.28. The molecule has 1 aliphatic carbocycles. The Labute approximate surface area is 101 Å². The lowest BCUT2D eigenvalue weighted by molar-refractivity contribution is 0.213. The zero-order valence-electron chi connectivity index (χ0n) is 9.63. The third-order valence-electron chi connectivity index (χ3n) is 3.37. The van der Waals surface area contributed by atoms with E-state index in [4.69, 9.17) is 0 Å². The molecule has 2 aromatic rings. The lowest BCUT2D eigenvalue weighted by Crippen LogP contribution is -1.99. The van der Waals surface area contributed by atoms with Crippen molar-refractivity contribution in [3.05, 3.63) is 53.7 Å². The van der Waals surface area contributed by atoms with E-state index in [1.807, 2.05) is 30.3 Å². The average Bonchev–Trinajstić information content (AvgIpc) is 2.91. The fraction of sp³-hybridized carbons (Fsp3) is 0.267. The van der Waals surface area contributed by atoms with Gasteiger partial charge < -0.3 is 5.11 Å². The molecule has 1 heterocycles. The summed E-state index contributed by atoms with van der Waals surface area (Å²) in [6.45, 7) is 0. The number of aromatic nitrogens is 1. The van der Waals surface area contributed by atoms with Crippen LogP contribution in [0.15, 0.2) is 48.2 Å². The Morgan fingerprint density at radius 2 is 2.18 bits per heavy atom. The summed E-state index contributed by atoms with van der Waals surface area (Å²) < 4.78 is 0. The van der Waals surface area contributed by atoms with Gasteiger partial charge in [0.05, 0.1) is 5.52 Å². The number of benzene rings is 1. The van der Waals surface area contributed by atoms with Gasteiger partial charge in [0.25, 0.3) is 0 Å². The van der Waals surface area contributed by atoms with Crippen molar-refractivity contribution in [3.8, 4) is 0 Å². The number of fused-ring (bicyclic) bond motifs is 1. The largest absolute Gasteiger partial charge is 0.384 e. The molecule has 0 fully saturated rings. The van der Waals surface area contributed by atoms with Gasteiger partial charge in [-0.2, -0.15) is 0 Å². The third kappa shape index (κ3) is 1.96. The standard InChI is InChI=1S/C15H15NO/c17-15(11-4-1-2-5-11)13-7-8-14-12(10-13)6-3-9-16-14/h3-4,6-10,15,17H,1-2,5H2. The van der Waals surface area contributed by atoms with E-state index in [-0.39, 0.29) is 0 Å². The van der Waals surface area contributed by atoms with Crippen LogP contribution >= 0.6 is 0 Å². The first-order chi connectivity index (χ1) is 8.34. The van der Waals surface area contributed by atoms with Crippen molar-refractivity contribution in [2.24, 2.45) is 0 Å². The molecule has 1 aromatic heterocycles. The number of nitrogens with zero attached hydrogens (tertiary/aromatic N) is 1. The molecule has 0 saturated heterocycles. The van der Waals surface area contributed by atoms with E-state index in [9.17, 15) is 5.11 Å². The number of hydrogen-bond donors (Lipinski definition) is 1. The first kappa shape index (κ1) is 10.5. The van der Waals surface area contributed by atoms with Crippen LogP contribution in [0.1, 0.15) is 30.9 Å². The molecule has 1 aromatic carbocycles. The Kier molecular flexibility index (Phi) is 2.65. The van der Waals surface area contributed by atoms with Crippen LogP contribution in [0.25, 0.3) is 10.9 Å². The summed E-state index contributed by atoms with van der Waals surface area (Å²) in [5.74, 6) is 0. The molecule has 0 bridgehead atoms. The highest BCUT2D eigenvalue weighted by Gasteiger charge is 2.16. The van der Waals surface area contributed by atoms with E-state index in [0.717, 1.165) is 34.9 Å². The van der Waals surface area contributed by atoms with Crippen LogP contribution in [0.4, 0.5) is 0 Å². The van der Waals surface area contributed by atoms with E-state index < -0.39 is 6.10 Å². The van der Waals surface area contributed by atoms with Gasteiger partial charge in [-0.05, 0) is 48.6 Å². The smallest absolute Gasteiger partial charge is 0.100 e. The average molecular weight is 225 g/mol. The molecule has 1 N–H and O–H groups in total. The Morgan fingerprint density at radius 3 is 3.00 bits per heavy atom. The van der Waals surface area contributed by atoms with Gasteiger partial charge >= 0.3 is 0 Å². The second-order valence-corrected chi connectivity index (χ2v) is 4.53. The minimum Gasteiger partial charge on any atom is -0.384 e. The van der Waals surface area contributed by atoms with E-state index >= 15 is 0 Å². The first-order valence-electron chi connectivity index (χ1n) is 6.06. The minimum atomic E-state index is -0.442. The summed E-state index contributed by atoms with van der Waals surface area (Å²) in [5.41, 5.74) is 3.11. The van der Waals surface area contributed by atoms with Crippen LogP contribution in [0.2, 0.25) is 0 Å². The third-order valence-corrected chi connectivity index (χ3v) is 3.37. The summed E-state index contributed by atoms with van der Waals surface area (Å²) in [7, 11) is 0. The van der Waals surface area contributed by atoms with Crippen molar-refractivity contribution in [1.82, 2.24) is 4.98 Å². The second kappa shape index (κ2) is 4.30. The summed E-state index contributed by atoms with van der Waals surface area (Å²) in [6.07, 6.45) is 6.80. The summed E-state index contributed by atoms with van der Waals surface area (Å²) >= 11 is 0. The zero-order chi connectivity index (χ0) is 11.7. The molecular weight excluding hydrogens is 210 g/mol. The maximum atomic E-state index is 10.3. The summed E-state index contributed by atoms with van der Waals surface area (Å²) in [6, 6.07) is 9.93. The monoisotopic (exact) mass is 225 g/mol. The minimum absolute atomic E-state index is 0.442. The zero-order valence-corrected chi connectivity index (χ0v) is 9.63. The number of aliphatic hydroxyl groups excluding tert-OH is 1. The molecule has 0 amide bonds. The van der Waals surface area contributed by atoms with Crippen molar-refractivity contribution in [1.29, 1.82) is 0 Å². The maximum absolute atomic E-state index is 10.3. The number of rotatable bonds is 2. The van der Waals surface area contributed by atoms with Gasteiger partial charge in [0.15, 0.2) is 0 Å². The molecule has 3 rings (SSSR count). The molecule has 0 aliphatic heterocycles. The molecule has 1 atom stereocenters. The van der Waals surface area contributed by atoms with Crippen LogP contribution in [-0.2, 0) is 0 Å². The van der Waals surface area contributed by atoms with Gasteiger partial charge in [-0.25, -0.2) is 0 Å². The Hall–Kier alpha value is -1.67. The molecule has 2 nitrogen and oxygen atoms in total. The molecule has 86 valence electrons. The Morgan fingerprint density at radius 1 is 1.24 bits per heavy atom. The fourth-order valence-corrected chi connectivity index (χ4v) is 2.42. The van der Waals surface area contributed by atoms with Gasteiger partial charge in [-0.15, -0.1) is 0 Å². The molecule has 17 heavy (non-hydrogen) atoms. The van der Waals surface area contributed by atoms with Crippen LogP contribution in [-0.4, -0.2) is 10.1 Å². The predicted molar refractivity (Wildman–Crippen MR) is 68.6 cm³/mol. The van der Waals surface area contributed by atoms with Gasteiger partial charge in [0.1, 0.15) is 6.10 Å². The number of hydrogen-bond acceptors (Lipinski definition) is 2. The van der Waals surface area contributed by atoms with Gasteiger partial charge in [0, 0.05) is 11.6 Å². The number of allylic oxidation sites excluding steroid dienone is 1. The van der Waals surface area contributed by atoms with Crippen molar-refractivity contribution >= 4 is 10.9 Å². The predicted octanol–water partition coefficient (Wildman–Crippen LogP) is 3.38. The summed E-state index contributed by atoms with van der Waals surface area (Å²) in [5, 5.41) is 11.4. The highest BCUT2D eigenvalue weighted by Crippen LogP contribution is 2.31.